The summed E-state index contributed by atoms with van der Waals surface area (Å²) in [5, 5.41) is 16.6. The topological polar surface area (TPSA) is 108 Å². The zero-order chi connectivity index (χ0) is 24.1. The second-order valence-corrected chi connectivity index (χ2v) is 8.68. The van der Waals surface area contributed by atoms with Crippen molar-refractivity contribution in [2.45, 2.75) is 4.90 Å². The summed E-state index contributed by atoms with van der Waals surface area (Å²) in [5.74, 6) is -1.10. The van der Waals surface area contributed by atoms with Crippen LogP contribution in [0.3, 0.4) is 0 Å². The van der Waals surface area contributed by atoms with E-state index >= 15 is 0 Å². The Bertz CT molecular complexity index is 1370. The highest BCUT2D eigenvalue weighted by Crippen LogP contribution is 2.25. The van der Waals surface area contributed by atoms with Crippen LogP contribution in [0.5, 0.6) is 0 Å². The Balaban J connectivity index is 1.40. The Morgan fingerprint density at radius 3 is 2.24 bits per heavy atom. The lowest BCUT2D eigenvalue weighted by Crippen LogP contribution is -2.15. The van der Waals surface area contributed by atoms with E-state index in [0.29, 0.717) is 27.3 Å². The molecule has 0 aliphatic rings. The first kappa shape index (κ1) is 23.3. The molecule has 7 nitrogen and oxygen atoms in total. The summed E-state index contributed by atoms with van der Waals surface area (Å²) in [6, 6.07) is 20.3. The smallest absolute Gasteiger partial charge is 0.336 e. The molecule has 4 rings (SSSR count). The Morgan fingerprint density at radius 1 is 0.882 bits per heavy atom. The monoisotopic (exact) mass is 491 g/mol. The number of hydrogen-bond acceptors (Lipinski definition) is 5. The number of pyridine rings is 1. The molecule has 0 unspecified atom stereocenters. The predicted molar refractivity (Wildman–Crippen MR) is 134 cm³/mol. The molecular formula is C25H18ClN3O4S. The minimum atomic E-state index is -1.09. The van der Waals surface area contributed by atoms with Crippen molar-refractivity contribution in [3.63, 3.8) is 0 Å². The Hall–Kier alpha value is -3.88. The zero-order valence-corrected chi connectivity index (χ0v) is 19.2. The van der Waals surface area contributed by atoms with Crippen molar-refractivity contribution < 1.29 is 19.5 Å². The van der Waals surface area contributed by atoms with E-state index in [-0.39, 0.29) is 22.8 Å². The van der Waals surface area contributed by atoms with Crippen LogP contribution in [0.2, 0.25) is 5.02 Å². The fourth-order valence-electron chi connectivity index (χ4n) is 3.32. The number of carbonyl (C=O) groups excluding carboxylic acids is 2. The number of rotatable bonds is 7. The molecule has 0 radical (unpaired) electrons. The lowest BCUT2D eigenvalue weighted by Gasteiger charge is -2.11. The van der Waals surface area contributed by atoms with E-state index in [0.717, 1.165) is 4.90 Å². The summed E-state index contributed by atoms with van der Waals surface area (Å²) in [6.07, 6.45) is 1.46. The highest BCUT2D eigenvalue weighted by atomic mass is 35.5. The molecule has 0 aliphatic carbocycles. The van der Waals surface area contributed by atoms with Crippen LogP contribution in [-0.2, 0) is 4.79 Å². The number of amides is 2. The first-order valence-corrected chi connectivity index (χ1v) is 11.5. The third-order valence-corrected chi connectivity index (χ3v) is 6.09. The number of carbonyl (C=O) groups is 3. The van der Waals surface area contributed by atoms with Gasteiger partial charge in [-0.05, 0) is 53.9 Å². The molecule has 0 atom stereocenters. The van der Waals surface area contributed by atoms with Gasteiger partial charge in [0.15, 0.2) is 0 Å². The number of halogens is 1. The van der Waals surface area contributed by atoms with Crippen LogP contribution in [0.4, 0.5) is 11.5 Å². The largest absolute Gasteiger partial charge is 0.478 e. The van der Waals surface area contributed by atoms with Gasteiger partial charge in [0, 0.05) is 27.7 Å². The standard InChI is InChI=1S/C25H18ClN3O4S/c26-16-7-12-21(27-13-16)29-22(30)14-34-18-10-8-17(9-11-18)28-24(31)19-5-1-3-15-4-2-6-20(23(15)19)25(32)33/h1-13H,14H2,(H,28,31)(H,32,33)(H,27,29,30). The number of nitrogens with zero attached hydrogens (tertiary/aromatic N) is 1. The van der Waals surface area contributed by atoms with Gasteiger partial charge in [0.1, 0.15) is 5.82 Å². The number of fused-ring (bicyclic) bond motifs is 1. The molecule has 2 amide bonds. The van der Waals surface area contributed by atoms with E-state index < -0.39 is 11.9 Å². The number of thioether (sulfide) groups is 1. The molecule has 0 bridgehead atoms. The van der Waals surface area contributed by atoms with Crippen LogP contribution in [0, 0.1) is 0 Å². The lowest BCUT2D eigenvalue weighted by atomic mass is 9.98. The highest BCUT2D eigenvalue weighted by molar-refractivity contribution is 8.00. The van der Waals surface area contributed by atoms with Gasteiger partial charge in [-0.1, -0.05) is 35.9 Å². The maximum Gasteiger partial charge on any atom is 0.336 e. The summed E-state index contributed by atoms with van der Waals surface area (Å²) < 4.78 is 0. The number of aromatic nitrogens is 1. The summed E-state index contributed by atoms with van der Waals surface area (Å²) in [4.78, 5) is 41.5. The van der Waals surface area contributed by atoms with Crippen molar-refractivity contribution in [2.75, 3.05) is 16.4 Å². The molecule has 0 aliphatic heterocycles. The molecule has 0 saturated heterocycles. The second kappa shape index (κ2) is 10.4. The van der Waals surface area contributed by atoms with Gasteiger partial charge in [0.2, 0.25) is 5.91 Å². The SMILES string of the molecule is O=C(CSc1ccc(NC(=O)c2cccc3cccc(C(=O)O)c23)cc1)Nc1ccc(Cl)cn1. The molecule has 9 heteroatoms. The molecule has 34 heavy (non-hydrogen) atoms. The van der Waals surface area contributed by atoms with E-state index in [1.54, 1.807) is 66.7 Å². The van der Waals surface area contributed by atoms with Crippen molar-refractivity contribution in [1.82, 2.24) is 4.98 Å². The minimum Gasteiger partial charge on any atom is -0.478 e. The van der Waals surface area contributed by atoms with Crippen LogP contribution >= 0.6 is 23.4 Å². The van der Waals surface area contributed by atoms with Crippen LogP contribution in [-0.4, -0.2) is 33.6 Å². The normalized spacial score (nSPS) is 10.6. The number of anilines is 2. The van der Waals surface area contributed by atoms with E-state index in [9.17, 15) is 19.5 Å². The average molecular weight is 492 g/mol. The molecule has 0 spiro atoms. The number of benzene rings is 3. The summed E-state index contributed by atoms with van der Waals surface area (Å²) in [5.41, 5.74) is 0.900. The predicted octanol–water partition coefficient (Wildman–Crippen LogP) is 5.57. The van der Waals surface area contributed by atoms with E-state index in [4.69, 9.17) is 11.6 Å². The van der Waals surface area contributed by atoms with Gasteiger partial charge < -0.3 is 15.7 Å². The molecule has 0 saturated carbocycles. The third-order valence-electron chi connectivity index (χ3n) is 4.86. The second-order valence-electron chi connectivity index (χ2n) is 7.19. The first-order chi connectivity index (χ1) is 16.4. The average Bonchev–Trinajstić information content (AvgIpc) is 2.84. The number of aromatic carboxylic acids is 1. The molecule has 170 valence electrons. The van der Waals surface area contributed by atoms with E-state index in [1.807, 2.05) is 0 Å². The van der Waals surface area contributed by atoms with Gasteiger partial charge in [-0.15, -0.1) is 11.8 Å². The van der Waals surface area contributed by atoms with Crippen molar-refractivity contribution in [3.8, 4) is 0 Å². The van der Waals surface area contributed by atoms with Crippen molar-refractivity contribution in [1.29, 1.82) is 0 Å². The van der Waals surface area contributed by atoms with Gasteiger partial charge in [0.05, 0.1) is 16.3 Å². The molecule has 4 aromatic rings. The van der Waals surface area contributed by atoms with E-state index in [2.05, 4.69) is 15.6 Å². The Labute approximate surface area is 204 Å². The number of carboxylic acid groups (broad SMARTS) is 1. The minimum absolute atomic E-state index is 0.0714. The summed E-state index contributed by atoms with van der Waals surface area (Å²) >= 11 is 7.12. The molecule has 0 fully saturated rings. The van der Waals surface area contributed by atoms with Gasteiger partial charge in [0.25, 0.3) is 5.91 Å². The van der Waals surface area contributed by atoms with Crippen molar-refractivity contribution in [3.05, 3.63) is 95.1 Å². The Kier molecular flexibility index (Phi) is 7.10. The van der Waals surface area contributed by atoms with E-state index in [1.165, 1.54) is 24.0 Å². The summed E-state index contributed by atoms with van der Waals surface area (Å²) in [6.45, 7) is 0. The lowest BCUT2D eigenvalue weighted by molar-refractivity contribution is -0.113. The van der Waals surface area contributed by atoms with Gasteiger partial charge in [-0.3, -0.25) is 9.59 Å². The molecule has 1 aromatic heterocycles. The number of carboxylic acids is 1. The molecular weight excluding hydrogens is 474 g/mol. The Morgan fingerprint density at radius 2 is 1.59 bits per heavy atom. The van der Waals surface area contributed by atoms with Crippen LogP contribution in [0.25, 0.3) is 10.8 Å². The first-order valence-electron chi connectivity index (χ1n) is 10.1. The van der Waals surface area contributed by atoms with Crippen molar-refractivity contribution >= 4 is 63.4 Å². The quantitative estimate of drug-likeness (QED) is 0.292. The molecule has 3 N–H and O–H groups in total. The maximum absolute atomic E-state index is 12.9. The number of nitrogens with one attached hydrogen (secondary N) is 2. The van der Waals surface area contributed by atoms with Gasteiger partial charge >= 0.3 is 5.97 Å². The fraction of sp³-hybridized carbons (Fsp3) is 0.0400. The van der Waals surface area contributed by atoms with Crippen LogP contribution in [0.1, 0.15) is 20.7 Å². The van der Waals surface area contributed by atoms with Crippen LogP contribution in [0.15, 0.2) is 83.9 Å². The zero-order valence-electron chi connectivity index (χ0n) is 17.6. The third kappa shape index (κ3) is 5.54. The summed E-state index contributed by atoms with van der Waals surface area (Å²) in [7, 11) is 0. The van der Waals surface area contributed by atoms with Gasteiger partial charge in [-0.25, -0.2) is 9.78 Å². The fourth-order valence-corrected chi connectivity index (χ4v) is 4.13. The molecule has 3 aromatic carbocycles. The number of hydrogen-bond donors (Lipinski definition) is 3. The maximum atomic E-state index is 12.9. The van der Waals surface area contributed by atoms with Crippen LogP contribution < -0.4 is 10.6 Å². The highest BCUT2D eigenvalue weighted by Gasteiger charge is 2.16. The van der Waals surface area contributed by atoms with Gasteiger partial charge in [-0.2, -0.15) is 0 Å². The van der Waals surface area contributed by atoms with Crippen molar-refractivity contribution in [2.24, 2.45) is 0 Å². The molecule has 1 heterocycles.